The van der Waals surface area contributed by atoms with Gasteiger partial charge < -0.3 is 152 Å². The monoisotopic (exact) mass is 1720 g/mol. The van der Waals surface area contributed by atoms with E-state index in [1.165, 1.54) is 33.8 Å². The Morgan fingerprint density at radius 3 is 1.44 bits per heavy atom. The summed E-state index contributed by atoms with van der Waals surface area (Å²) in [5.41, 5.74) is -21.6. The lowest BCUT2D eigenvalue weighted by molar-refractivity contribution is -0.358. The lowest BCUT2D eigenvalue weighted by Gasteiger charge is -2.60. The van der Waals surface area contributed by atoms with E-state index >= 15 is 19.2 Å². The maximum absolute atomic E-state index is 16.4. The van der Waals surface area contributed by atoms with Gasteiger partial charge in [0.2, 0.25) is 23.1 Å². The average Bonchev–Trinajstić information content (AvgIpc) is 1.46. The van der Waals surface area contributed by atoms with Crippen LogP contribution in [0.5, 0.6) is 34.5 Å². The maximum Gasteiger partial charge on any atom is 0.232 e. The number of carbonyl (C=O) groups excluding carboxylic acids is 6. The van der Waals surface area contributed by atoms with E-state index in [0.717, 1.165) is 21.3 Å². The first kappa shape index (κ1) is 90.1. The van der Waals surface area contributed by atoms with Crippen molar-refractivity contribution in [3.63, 3.8) is 0 Å². The Balaban J connectivity index is 0.798. The second-order valence-electron chi connectivity index (χ2n) is 35.1. The van der Waals surface area contributed by atoms with E-state index in [9.17, 15) is 86.2 Å². The van der Waals surface area contributed by atoms with Crippen LogP contribution < -0.4 is 9.47 Å². The van der Waals surface area contributed by atoms with Gasteiger partial charge in [-0.3, -0.25) is 28.8 Å². The second kappa shape index (κ2) is 32.9. The summed E-state index contributed by atoms with van der Waals surface area (Å²) in [7, 11) is 3.09. The van der Waals surface area contributed by atoms with Crippen LogP contribution in [-0.4, -0.2) is 314 Å². The number of ketones is 6. The van der Waals surface area contributed by atoms with Gasteiger partial charge in [0.1, 0.15) is 82.0 Å². The molecule has 7 heterocycles. The molecule has 0 aromatic heterocycles. The number of rotatable bonds is 22. The smallest absolute Gasteiger partial charge is 0.232 e. The van der Waals surface area contributed by atoms with Crippen LogP contribution in [0.3, 0.4) is 0 Å². The van der Waals surface area contributed by atoms with E-state index in [2.05, 4.69) is 0 Å². The molecule has 9 fully saturated rings. The van der Waals surface area contributed by atoms with Crippen molar-refractivity contribution in [2.75, 3.05) is 21.3 Å². The molecule has 33 atom stereocenters. The van der Waals surface area contributed by atoms with Crippen molar-refractivity contribution in [1.82, 2.24) is 0 Å². The molecule has 37 heteroatoms. The predicted octanol–water partition coefficient (Wildman–Crippen LogP) is 2.40. The van der Waals surface area contributed by atoms with Crippen LogP contribution in [-0.2, 0) is 82.3 Å². The van der Waals surface area contributed by atoms with E-state index in [1.54, 1.807) is 41.5 Å². The van der Waals surface area contributed by atoms with Crippen LogP contribution in [0.4, 0.5) is 0 Å². The van der Waals surface area contributed by atoms with Crippen molar-refractivity contribution in [3.05, 3.63) is 50.8 Å². The SMILES string of the molecule is CCC[C@@]12O[C@H]3c4c(O)c5c(c(O)c4C(=O)[C@]1(O)[C@H]3[C@H](O[C@@H]1C[C@H](O)[C@H](O)[C@@H](C)O1)[C@@H](O)[C@@H]2O[C@@H]1CC[C@@H](O[C@H]2CC[C@@](O)(C(C)=O)[C@H](C)O2)[C@H](C)O1)C(=O)C(c1c(OC)c(OC)c2cc3c(c(O)c2c1O)C(=O)[C@]1(O)[C@H](C3)[C@H](O[C@@H]2C[C@H](O)[C@H](O)[C@@H](C)O2)[C@@H](O)[C@H](O[C@@H]2CC[C@@H](O[C@H]3CC[C@@](O)(C(C)=O)[C@H](C)O3)[C@H](C)O2)[C@@]1(O)CCC)=C(OC)C5=O. The first-order valence-corrected chi connectivity index (χ1v) is 42.0. The average molecular weight is 1730 g/mol. The Labute approximate surface area is 700 Å². The summed E-state index contributed by atoms with van der Waals surface area (Å²) in [5.74, 6) is -17.3. The molecule has 7 saturated heterocycles. The van der Waals surface area contributed by atoms with Crippen molar-refractivity contribution in [2.45, 2.75) is 353 Å². The van der Waals surface area contributed by atoms with Gasteiger partial charge in [-0.15, -0.1) is 0 Å². The Morgan fingerprint density at radius 2 is 0.959 bits per heavy atom. The highest BCUT2D eigenvalue weighted by molar-refractivity contribution is 6.43. The molecule has 122 heavy (non-hydrogen) atoms. The van der Waals surface area contributed by atoms with Gasteiger partial charge >= 0.3 is 0 Å². The highest BCUT2D eigenvalue weighted by Gasteiger charge is 2.82. The Morgan fingerprint density at radius 1 is 0.484 bits per heavy atom. The van der Waals surface area contributed by atoms with Gasteiger partial charge in [-0.2, -0.15) is 0 Å². The largest absolute Gasteiger partial charge is 0.507 e. The van der Waals surface area contributed by atoms with Crippen molar-refractivity contribution in [2.24, 2.45) is 11.8 Å². The van der Waals surface area contributed by atoms with Gasteiger partial charge in [0.25, 0.3) is 0 Å². The molecular formula is C85H112O37. The number of ether oxygens (including phenoxy) is 16. The van der Waals surface area contributed by atoms with Crippen LogP contribution in [0, 0.1) is 11.8 Å². The van der Waals surface area contributed by atoms with Crippen molar-refractivity contribution >= 4 is 51.0 Å². The van der Waals surface area contributed by atoms with Crippen molar-refractivity contribution in [1.29, 1.82) is 0 Å². The van der Waals surface area contributed by atoms with Gasteiger partial charge in [-0.05, 0) is 112 Å². The van der Waals surface area contributed by atoms with Crippen LogP contribution in [0.15, 0.2) is 11.8 Å². The third kappa shape index (κ3) is 13.6. The highest BCUT2D eigenvalue weighted by atomic mass is 16.8. The molecule has 5 aliphatic carbocycles. The number of allylic oxidation sites excluding steroid dienone is 2. The predicted molar refractivity (Wildman–Crippen MR) is 412 cm³/mol. The molecule has 0 amide bonds. The number of phenolic OH excluding ortho intramolecular Hbond substituents is 4. The van der Waals surface area contributed by atoms with Crippen molar-refractivity contribution in [3.8, 4) is 34.5 Å². The normalized spacial score (nSPS) is 43.2. The molecule has 4 bridgehead atoms. The van der Waals surface area contributed by atoms with Gasteiger partial charge in [0.05, 0.1) is 145 Å². The maximum atomic E-state index is 16.4. The van der Waals surface area contributed by atoms with E-state index in [1.807, 2.05) is 0 Å². The fourth-order valence-electron chi connectivity index (χ4n) is 21.7. The molecule has 3 aromatic rings. The molecule has 0 radical (unpaired) electrons. The zero-order chi connectivity index (χ0) is 88.5. The van der Waals surface area contributed by atoms with E-state index in [-0.39, 0.29) is 81.6 Å². The van der Waals surface area contributed by atoms with Gasteiger partial charge in [0.15, 0.2) is 77.8 Å². The summed E-state index contributed by atoms with van der Waals surface area (Å²) in [6.45, 7) is 15.1. The first-order chi connectivity index (χ1) is 57.5. The van der Waals surface area contributed by atoms with Crippen molar-refractivity contribution < 1.29 is 181 Å². The molecule has 0 unspecified atom stereocenters. The number of methoxy groups -OCH3 is 3. The van der Waals surface area contributed by atoms with Gasteiger partial charge in [-0.1, -0.05) is 26.7 Å². The molecule has 0 spiro atoms. The number of hydrogen-bond donors (Lipinski definition) is 15. The Hall–Kier alpha value is -6.68. The summed E-state index contributed by atoms with van der Waals surface area (Å²) in [4.78, 5) is 89.5. The molecule has 7 aliphatic heterocycles. The minimum atomic E-state index is -3.21. The molecule has 15 rings (SSSR count). The number of aliphatic hydroxyl groups is 11. The first-order valence-electron chi connectivity index (χ1n) is 42.0. The number of carbonyl (C=O) groups is 6. The topological polar surface area (TPSA) is 554 Å². The van der Waals surface area contributed by atoms with Gasteiger partial charge in [-0.25, -0.2) is 0 Å². The molecule has 15 N–H and O–H groups in total. The Bertz CT molecular complexity index is 4640. The van der Waals surface area contributed by atoms with E-state index in [0.29, 0.717) is 0 Å². The molecular weight excluding hydrogens is 1610 g/mol. The summed E-state index contributed by atoms with van der Waals surface area (Å²) in [5, 5.41) is 185. The fraction of sp³-hybridized carbons (Fsp3) is 0.718. The minimum Gasteiger partial charge on any atom is -0.507 e. The summed E-state index contributed by atoms with van der Waals surface area (Å²) < 4.78 is 101. The third-order valence-electron chi connectivity index (χ3n) is 28.3. The number of fused-ring (bicyclic) bond motifs is 6. The minimum absolute atomic E-state index is 0.0101. The number of aromatic hydroxyl groups is 4. The zero-order valence-electron chi connectivity index (χ0n) is 70.0. The molecule has 12 aliphatic rings. The van der Waals surface area contributed by atoms with E-state index < -0.39 is 344 Å². The highest BCUT2D eigenvalue weighted by Crippen LogP contribution is 2.69. The zero-order valence-corrected chi connectivity index (χ0v) is 70.0. The number of phenols is 4. The molecule has 3 aromatic carbocycles. The number of Topliss-reactive ketones (excluding diaryl/α,β-unsaturated/α-hetero) is 6. The summed E-state index contributed by atoms with van der Waals surface area (Å²) >= 11 is 0. The fourth-order valence-corrected chi connectivity index (χ4v) is 21.7. The molecule has 2 saturated carbocycles. The quantitative estimate of drug-likeness (QED) is 0.0642. The molecule has 674 valence electrons. The second-order valence-corrected chi connectivity index (χ2v) is 35.1. The summed E-state index contributed by atoms with van der Waals surface area (Å²) in [6, 6.07) is 1.25. The van der Waals surface area contributed by atoms with Crippen LogP contribution in [0.1, 0.15) is 223 Å². The number of hydrogen-bond acceptors (Lipinski definition) is 37. The summed E-state index contributed by atoms with van der Waals surface area (Å²) in [6.07, 6.45) is -35.1. The van der Waals surface area contributed by atoms with Gasteiger partial charge in [0, 0.05) is 55.4 Å². The van der Waals surface area contributed by atoms with E-state index in [4.69, 9.17) is 75.8 Å². The molecule has 37 nitrogen and oxygen atoms in total. The van der Waals surface area contributed by atoms with Crippen LogP contribution in [0.25, 0.3) is 16.3 Å². The Kier molecular flexibility index (Phi) is 24.3. The third-order valence-corrected chi connectivity index (χ3v) is 28.3. The number of benzene rings is 3. The standard InChI is InChI=1S/C85H112O37/c1-14-22-82(104)78(120-45-18-16-43(30(3)110-45)116-47-20-24-80(102,34(7)86)36(9)114-47)68(98)71(118-49-28-41(88)60(90)32(5)112-49)40-27-38-26-39-52(62(92)51(38)76(100)84(40,82)105)63(93)56(74(109-13)70(39)107-11)55-64(94)53-54(67(97)73(55)108-12)65(95)57-58(66(53)96)77(101)85(106)59-72(57)122-83(85,23-15-2)79(69(99)75(59)119-50-29-42(89)61(91)33(6)113-50)121-46-19-17-44(31(4)111-46)117-48-21-25-81(103,35(8)87)37(10)115-48/h26,30-33,36-37,40-50,59-61,68-69,71-72,75,78-79,88-93,95-96,98-99,102-106H,14-25,27-29H2,1-13H3/t30-,31-,32+,33+,36-,37-,40+,41-,42-,43+,44+,45+,46+,47-,48-,49+,50+,59+,60+,61+,68+,69+,71-,72-,75-,78-,79-,80+,81+,82-,83-,84+,85+/m0/s1. The number of aliphatic hydroxyl groups excluding tert-OH is 6. The lowest BCUT2D eigenvalue weighted by Crippen LogP contribution is -2.80. The van der Waals surface area contributed by atoms with Crippen LogP contribution in [0.2, 0.25) is 0 Å². The van der Waals surface area contributed by atoms with Crippen LogP contribution >= 0.6 is 0 Å². The lowest BCUT2D eigenvalue weighted by atomic mass is 9.53.